The molecule has 9 heteroatoms. The summed E-state index contributed by atoms with van der Waals surface area (Å²) in [6.45, 7) is 10.3. The minimum Gasteiger partial charge on any atom is -0.491 e. The van der Waals surface area contributed by atoms with E-state index in [4.69, 9.17) is 4.74 Å². The Hall–Kier alpha value is -2.65. The molecule has 1 aromatic carbocycles. The van der Waals surface area contributed by atoms with Crippen LogP contribution in [-0.4, -0.2) is 64.2 Å². The number of carbonyl (C=O) groups excluding carboxylic acids is 1. The minimum absolute atomic E-state index is 0.0177. The normalized spacial score (nSPS) is 22.2. The molecule has 2 fully saturated rings. The molecule has 190 valence electrons. The number of rotatable bonds is 6. The Kier molecular flexibility index (Phi) is 7.11. The second-order valence-corrected chi connectivity index (χ2v) is 9.74. The largest absolute Gasteiger partial charge is 0.491 e. The van der Waals surface area contributed by atoms with Crippen molar-refractivity contribution in [2.45, 2.75) is 58.5 Å². The van der Waals surface area contributed by atoms with E-state index in [1.807, 2.05) is 13.0 Å². The SMILES string of the molecule is Cc1c(OC[C@@H](C)O)ccc([C@H](C)N2CC3CCN(C(=O)c4ccc(C(F)(F)F)cn4)[C@@H]3C2)c1C. The number of aliphatic hydroxyl groups is 1. The van der Waals surface area contributed by atoms with Crippen LogP contribution in [0.4, 0.5) is 13.2 Å². The van der Waals surface area contributed by atoms with E-state index in [1.165, 1.54) is 11.6 Å². The number of amides is 1. The Morgan fingerprint density at radius 1 is 1.17 bits per heavy atom. The van der Waals surface area contributed by atoms with E-state index in [-0.39, 0.29) is 30.3 Å². The third-order valence-corrected chi connectivity index (χ3v) is 7.40. The molecule has 2 aliphatic rings. The first-order chi connectivity index (χ1) is 16.5. The quantitative estimate of drug-likeness (QED) is 0.650. The van der Waals surface area contributed by atoms with Gasteiger partial charge in [0.25, 0.3) is 5.91 Å². The molecule has 4 atom stereocenters. The predicted molar refractivity (Wildman–Crippen MR) is 125 cm³/mol. The smallest absolute Gasteiger partial charge is 0.417 e. The lowest BCUT2D eigenvalue weighted by atomic mass is 9.96. The number of pyridine rings is 1. The van der Waals surface area contributed by atoms with Crippen molar-refractivity contribution in [2.24, 2.45) is 5.92 Å². The van der Waals surface area contributed by atoms with Crippen LogP contribution in [0.25, 0.3) is 0 Å². The number of ether oxygens (including phenoxy) is 1. The topological polar surface area (TPSA) is 65.9 Å². The van der Waals surface area contributed by atoms with Gasteiger partial charge in [0.15, 0.2) is 0 Å². The number of benzene rings is 1. The number of fused-ring (bicyclic) bond motifs is 1. The van der Waals surface area contributed by atoms with Gasteiger partial charge in [-0.15, -0.1) is 0 Å². The number of likely N-dealkylation sites (tertiary alicyclic amines) is 2. The zero-order valence-electron chi connectivity index (χ0n) is 20.5. The zero-order chi connectivity index (χ0) is 25.5. The number of nitrogens with zero attached hydrogens (tertiary/aromatic N) is 3. The van der Waals surface area contributed by atoms with Gasteiger partial charge in [-0.05, 0) is 74.9 Å². The maximum atomic E-state index is 13.1. The maximum Gasteiger partial charge on any atom is 0.417 e. The molecule has 2 aromatic rings. The first kappa shape index (κ1) is 25.4. The van der Waals surface area contributed by atoms with Gasteiger partial charge >= 0.3 is 6.18 Å². The second kappa shape index (κ2) is 9.78. The van der Waals surface area contributed by atoms with Gasteiger partial charge in [-0.2, -0.15) is 13.2 Å². The van der Waals surface area contributed by atoms with Crippen LogP contribution in [0.3, 0.4) is 0 Å². The first-order valence-corrected chi connectivity index (χ1v) is 12.0. The number of carbonyl (C=O) groups is 1. The monoisotopic (exact) mass is 491 g/mol. The standard InChI is InChI=1S/C26H32F3N3O3/c1-15(33)14-35-24-8-6-21(16(2)17(24)3)18(4)31-12-19-9-10-32(23(19)13-31)25(34)22-7-5-20(11-30-22)26(27,28)29/h5-8,11,15,18-19,23,33H,9-10,12-14H2,1-4H3/t15-,18+,19?,23-/m1/s1. The van der Waals surface area contributed by atoms with Crippen LogP contribution < -0.4 is 4.74 Å². The average molecular weight is 492 g/mol. The summed E-state index contributed by atoms with van der Waals surface area (Å²) in [5.74, 6) is 0.775. The van der Waals surface area contributed by atoms with Crippen molar-refractivity contribution in [1.82, 2.24) is 14.8 Å². The van der Waals surface area contributed by atoms with Crippen LogP contribution in [0.15, 0.2) is 30.5 Å². The third kappa shape index (κ3) is 5.16. The molecule has 6 nitrogen and oxygen atoms in total. The zero-order valence-corrected chi connectivity index (χ0v) is 20.5. The van der Waals surface area contributed by atoms with Gasteiger partial charge in [-0.1, -0.05) is 6.07 Å². The van der Waals surface area contributed by atoms with Crippen LogP contribution in [0.5, 0.6) is 5.75 Å². The van der Waals surface area contributed by atoms with E-state index >= 15 is 0 Å². The summed E-state index contributed by atoms with van der Waals surface area (Å²) in [5.41, 5.74) is 2.56. The first-order valence-electron chi connectivity index (χ1n) is 12.0. The van der Waals surface area contributed by atoms with Crippen molar-refractivity contribution in [1.29, 1.82) is 0 Å². The average Bonchev–Trinajstić information content (AvgIpc) is 3.40. The molecule has 0 aliphatic carbocycles. The molecule has 1 amide bonds. The van der Waals surface area contributed by atoms with Gasteiger partial charge in [0.05, 0.1) is 11.7 Å². The molecular weight excluding hydrogens is 459 g/mol. The molecule has 0 bridgehead atoms. The summed E-state index contributed by atoms with van der Waals surface area (Å²) < 4.78 is 44.3. The van der Waals surface area contributed by atoms with Gasteiger partial charge < -0.3 is 14.7 Å². The van der Waals surface area contributed by atoms with E-state index in [0.717, 1.165) is 42.1 Å². The molecular formula is C26H32F3N3O3. The number of hydrogen-bond acceptors (Lipinski definition) is 5. The molecule has 2 saturated heterocycles. The van der Waals surface area contributed by atoms with Crippen LogP contribution in [0.1, 0.15) is 59.1 Å². The van der Waals surface area contributed by atoms with E-state index in [0.29, 0.717) is 19.0 Å². The molecule has 3 heterocycles. The lowest BCUT2D eigenvalue weighted by molar-refractivity contribution is -0.137. The molecule has 35 heavy (non-hydrogen) atoms. The van der Waals surface area contributed by atoms with Crippen LogP contribution >= 0.6 is 0 Å². The van der Waals surface area contributed by atoms with Crippen molar-refractivity contribution in [3.63, 3.8) is 0 Å². The van der Waals surface area contributed by atoms with E-state index < -0.39 is 17.8 Å². The summed E-state index contributed by atoms with van der Waals surface area (Å²) >= 11 is 0. The van der Waals surface area contributed by atoms with Gasteiger partial charge in [0.1, 0.15) is 18.1 Å². The summed E-state index contributed by atoms with van der Waals surface area (Å²) in [5, 5.41) is 9.51. The van der Waals surface area contributed by atoms with Gasteiger partial charge in [-0.3, -0.25) is 14.7 Å². The van der Waals surface area contributed by atoms with Crippen LogP contribution in [-0.2, 0) is 6.18 Å². The molecule has 1 N–H and O–H groups in total. The number of aromatic nitrogens is 1. The van der Waals surface area contributed by atoms with Gasteiger partial charge in [0.2, 0.25) is 0 Å². The maximum absolute atomic E-state index is 13.1. The summed E-state index contributed by atoms with van der Waals surface area (Å²) in [6.07, 6.45) is -3.43. The van der Waals surface area contributed by atoms with Crippen molar-refractivity contribution in [3.8, 4) is 5.75 Å². The van der Waals surface area contributed by atoms with E-state index in [9.17, 15) is 23.1 Å². The van der Waals surface area contributed by atoms with Crippen molar-refractivity contribution in [3.05, 3.63) is 58.4 Å². The second-order valence-electron chi connectivity index (χ2n) is 9.74. The molecule has 0 spiro atoms. The highest BCUT2D eigenvalue weighted by atomic mass is 19.4. The van der Waals surface area contributed by atoms with E-state index in [2.05, 4.69) is 29.8 Å². The third-order valence-electron chi connectivity index (χ3n) is 7.40. The predicted octanol–water partition coefficient (Wildman–Crippen LogP) is 4.38. The molecule has 2 aliphatic heterocycles. The Morgan fingerprint density at radius 3 is 2.54 bits per heavy atom. The Morgan fingerprint density at radius 2 is 1.91 bits per heavy atom. The molecule has 0 radical (unpaired) electrons. The van der Waals surface area contributed by atoms with Crippen LogP contribution in [0.2, 0.25) is 0 Å². The Labute approximate surface area is 203 Å². The minimum atomic E-state index is -4.48. The fourth-order valence-corrected chi connectivity index (χ4v) is 5.23. The highest BCUT2D eigenvalue weighted by molar-refractivity contribution is 5.92. The number of aliphatic hydroxyl groups excluding tert-OH is 1. The summed E-state index contributed by atoms with van der Waals surface area (Å²) in [6, 6.07) is 6.24. The molecule has 0 saturated carbocycles. The highest BCUT2D eigenvalue weighted by Crippen LogP contribution is 2.38. The number of hydrogen-bond donors (Lipinski definition) is 1. The van der Waals surface area contributed by atoms with Crippen LogP contribution in [0, 0.1) is 19.8 Å². The van der Waals surface area contributed by atoms with Crippen molar-refractivity contribution >= 4 is 5.91 Å². The van der Waals surface area contributed by atoms with E-state index in [1.54, 1.807) is 11.8 Å². The highest BCUT2D eigenvalue weighted by Gasteiger charge is 2.45. The molecule has 1 aromatic heterocycles. The molecule has 1 unspecified atom stereocenters. The fourth-order valence-electron chi connectivity index (χ4n) is 5.23. The lowest BCUT2D eigenvalue weighted by Crippen LogP contribution is -2.40. The van der Waals surface area contributed by atoms with Crippen molar-refractivity contribution < 1.29 is 27.8 Å². The van der Waals surface area contributed by atoms with Crippen molar-refractivity contribution in [2.75, 3.05) is 26.2 Å². The van der Waals surface area contributed by atoms with Gasteiger partial charge in [-0.25, -0.2) is 0 Å². The number of alkyl halides is 3. The number of halogens is 3. The lowest BCUT2D eigenvalue weighted by Gasteiger charge is -2.29. The summed E-state index contributed by atoms with van der Waals surface area (Å²) in [4.78, 5) is 21.0. The fraction of sp³-hybridized carbons (Fsp3) is 0.538. The molecule has 4 rings (SSSR count). The van der Waals surface area contributed by atoms with Gasteiger partial charge in [0, 0.05) is 37.9 Å². The summed E-state index contributed by atoms with van der Waals surface area (Å²) in [7, 11) is 0. The Bertz CT molecular complexity index is 1070. The Balaban J connectivity index is 1.45.